The molecule has 1 aromatic heterocycles. The molecule has 1 amide bonds. The van der Waals surface area contributed by atoms with Gasteiger partial charge >= 0.3 is 5.97 Å². The number of pyridine rings is 1. The first-order valence-corrected chi connectivity index (χ1v) is 7.01. The normalized spacial score (nSPS) is 12.1. The highest BCUT2D eigenvalue weighted by molar-refractivity contribution is 5.97. The second-order valence-electron chi connectivity index (χ2n) is 5.28. The summed E-state index contributed by atoms with van der Waals surface area (Å²) >= 11 is 0. The first-order chi connectivity index (χ1) is 10.8. The summed E-state index contributed by atoms with van der Waals surface area (Å²) in [6.07, 6.45) is 1.43. The van der Waals surface area contributed by atoms with E-state index in [9.17, 15) is 14.4 Å². The van der Waals surface area contributed by atoms with E-state index in [2.05, 4.69) is 11.1 Å². The van der Waals surface area contributed by atoms with E-state index in [0.717, 1.165) is 5.56 Å². The SMILES string of the molecule is Cn1cc(C(=O)NC[C@H]([NH3+])C(=O)O)c(=O)c2ccc(CN)cc21. The summed E-state index contributed by atoms with van der Waals surface area (Å²) < 4.78 is 1.67. The van der Waals surface area contributed by atoms with Crippen LogP contribution in [0.4, 0.5) is 0 Å². The molecule has 8 heteroatoms. The number of nitrogens with two attached hydrogens (primary N) is 1. The summed E-state index contributed by atoms with van der Waals surface area (Å²) in [7, 11) is 1.72. The van der Waals surface area contributed by atoms with Gasteiger partial charge in [0.15, 0.2) is 6.04 Å². The molecule has 0 bridgehead atoms. The molecule has 0 saturated heterocycles. The third-order valence-electron chi connectivity index (χ3n) is 3.59. The summed E-state index contributed by atoms with van der Waals surface area (Å²) in [5, 5.41) is 11.6. The summed E-state index contributed by atoms with van der Waals surface area (Å²) in [6, 6.07) is 4.20. The monoisotopic (exact) mass is 319 g/mol. The lowest BCUT2D eigenvalue weighted by Gasteiger charge is -2.11. The molecule has 0 radical (unpaired) electrons. The van der Waals surface area contributed by atoms with Crippen LogP contribution in [-0.4, -0.2) is 34.1 Å². The number of rotatable bonds is 5. The van der Waals surface area contributed by atoms with Crippen LogP contribution in [0.2, 0.25) is 0 Å². The van der Waals surface area contributed by atoms with Crippen LogP contribution in [0.15, 0.2) is 29.2 Å². The lowest BCUT2D eigenvalue weighted by Crippen LogP contribution is -2.69. The van der Waals surface area contributed by atoms with E-state index in [-0.39, 0.29) is 12.1 Å². The standard InChI is InChI=1S/C15H18N4O4/c1-19-7-10(14(21)18-6-11(17)15(22)23)13(20)9-3-2-8(5-16)4-12(9)19/h2-4,7,11H,5-6,16-17H2,1H3,(H,18,21)(H,22,23)/p+1/t11-/m0/s1. The second kappa shape index (κ2) is 6.59. The number of nitrogens with one attached hydrogen (secondary N) is 1. The Labute approximate surface area is 131 Å². The molecule has 1 aromatic carbocycles. The number of aromatic nitrogens is 1. The Hall–Kier alpha value is -2.71. The molecule has 122 valence electrons. The van der Waals surface area contributed by atoms with Crippen LogP contribution in [0.5, 0.6) is 0 Å². The first kappa shape index (κ1) is 16.7. The minimum Gasteiger partial charge on any atom is -0.477 e. The zero-order valence-corrected chi connectivity index (χ0v) is 12.7. The number of carbonyl (C=O) groups is 2. The Balaban J connectivity index is 2.39. The number of hydrogen-bond donors (Lipinski definition) is 4. The molecule has 1 heterocycles. The Kier molecular flexibility index (Phi) is 4.77. The summed E-state index contributed by atoms with van der Waals surface area (Å²) in [6.45, 7) is 0.202. The van der Waals surface area contributed by atoms with E-state index in [1.54, 1.807) is 29.8 Å². The average Bonchev–Trinajstić information content (AvgIpc) is 2.54. The van der Waals surface area contributed by atoms with E-state index < -0.39 is 23.3 Å². The second-order valence-corrected chi connectivity index (χ2v) is 5.28. The molecule has 0 aliphatic heterocycles. The van der Waals surface area contributed by atoms with Gasteiger partial charge in [0, 0.05) is 25.2 Å². The molecule has 1 atom stereocenters. The molecule has 0 aliphatic rings. The fourth-order valence-electron chi connectivity index (χ4n) is 2.22. The van der Waals surface area contributed by atoms with Crippen LogP contribution >= 0.6 is 0 Å². The Morgan fingerprint density at radius 2 is 2.13 bits per heavy atom. The fourth-order valence-corrected chi connectivity index (χ4v) is 2.22. The zero-order valence-electron chi connectivity index (χ0n) is 12.7. The molecule has 0 saturated carbocycles. The fraction of sp³-hybridized carbons (Fsp3) is 0.267. The molecule has 0 spiro atoms. The van der Waals surface area contributed by atoms with Gasteiger partial charge in [0.25, 0.3) is 5.91 Å². The number of quaternary nitrogens is 1. The van der Waals surface area contributed by atoms with Gasteiger partial charge in [-0.1, -0.05) is 6.07 Å². The van der Waals surface area contributed by atoms with Crippen molar-refractivity contribution in [1.29, 1.82) is 0 Å². The minimum absolute atomic E-state index is 0.0434. The Morgan fingerprint density at radius 1 is 1.43 bits per heavy atom. The van der Waals surface area contributed by atoms with Crippen molar-refractivity contribution in [3.8, 4) is 0 Å². The summed E-state index contributed by atoms with van der Waals surface area (Å²) in [4.78, 5) is 35.3. The van der Waals surface area contributed by atoms with Crippen LogP contribution < -0.4 is 22.2 Å². The average molecular weight is 319 g/mol. The molecular weight excluding hydrogens is 300 g/mol. The number of carboxylic acid groups (broad SMARTS) is 1. The quantitative estimate of drug-likeness (QED) is 0.526. The number of carbonyl (C=O) groups excluding carboxylic acids is 1. The molecule has 7 N–H and O–H groups in total. The van der Waals surface area contributed by atoms with Crippen LogP contribution in [0, 0.1) is 0 Å². The van der Waals surface area contributed by atoms with E-state index >= 15 is 0 Å². The highest BCUT2D eigenvalue weighted by Gasteiger charge is 2.19. The Bertz CT molecular complexity index is 828. The molecule has 0 fully saturated rings. The van der Waals surface area contributed by atoms with E-state index in [0.29, 0.717) is 17.4 Å². The predicted octanol–water partition coefficient (Wildman–Crippen LogP) is -1.58. The lowest BCUT2D eigenvalue weighted by atomic mass is 10.1. The molecule has 0 unspecified atom stereocenters. The van der Waals surface area contributed by atoms with Crippen molar-refractivity contribution in [2.45, 2.75) is 12.6 Å². The van der Waals surface area contributed by atoms with Gasteiger partial charge in [0.2, 0.25) is 5.43 Å². The summed E-state index contributed by atoms with van der Waals surface area (Å²) in [5.74, 6) is -1.74. The van der Waals surface area contributed by atoms with Crippen LogP contribution in [0.1, 0.15) is 15.9 Å². The number of carboxylic acids is 1. The topological polar surface area (TPSA) is 142 Å². The van der Waals surface area contributed by atoms with Gasteiger partial charge in [-0.3, -0.25) is 9.59 Å². The van der Waals surface area contributed by atoms with Gasteiger partial charge in [0.05, 0.1) is 12.1 Å². The van der Waals surface area contributed by atoms with E-state index in [1.807, 2.05) is 0 Å². The van der Waals surface area contributed by atoms with Crippen molar-refractivity contribution in [2.75, 3.05) is 6.54 Å². The van der Waals surface area contributed by atoms with Gasteiger partial charge in [-0.25, -0.2) is 4.79 Å². The molecule has 23 heavy (non-hydrogen) atoms. The smallest absolute Gasteiger partial charge is 0.364 e. The van der Waals surface area contributed by atoms with Crippen LogP contribution in [0.25, 0.3) is 10.9 Å². The van der Waals surface area contributed by atoms with Gasteiger partial charge < -0.3 is 26.5 Å². The van der Waals surface area contributed by atoms with E-state index in [4.69, 9.17) is 10.8 Å². The largest absolute Gasteiger partial charge is 0.477 e. The lowest BCUT2D eigenvalue weighted by molar-refractivity contribution is -0.404. The predicted molar refractivity (Wildman–Crippen MR) is 83.7 cm³/mol. The van der Waals surface area contributed by atoms with Crippen molar-refractivity contribution in [3.63, 3.8) is 0 Å². The molecule has 8 nitrogen and oxygen atoms in total. The van der Waals surface area contributed by atoms with Crippen molar-refractivity contribution in [2.24, 2.45) is 12.8 Å². The highest BCUT2D eigenvalue weighted by Crippen LogP contribution is 2.13. The number of fused-ring (bicyclic) bond motifs is 1. The van der Waals surface area contributed by atoms with Gasteiger partial charge in [-0.15, -0.1) is 0 Å². The van der Waals surface area contributed by atoms with Gasteiger partial charge in [-0.05, 0) is 17.7 Å². The number of nitrogens with zero attached hydrogens (tertiary/aromatic N) is 1. The maximum atomic E-state index is 12.5. The first-order valence-electron chi connectivity index (χ1n) is 7.01. The van der Waals surface area contributed by atoms with Gasteiger partial charge in [0.1, 0.15) is 5.56 Å². The molecule has 2 rings (SSSR count). The van der Waals surface area contributed by atoms with Crippen LogP contribution in [0.3, 0.4) is 0 Å². The summed E-state index contributed by atoms with van der Waals surface area (Å²) in [5.41, 5.74) is 10.1. The third kappa shape index (κ3) is 3.38. The number of amides is 1. The maximum Gasteiger partial charge on any atom is 0.364 e. The molecule has 2 aromatic rings. The van der Waals surface area contributed by atoms with Crippen molar-refractivity contribution >= 4 is 22.8 Å². The minimum atomic E-state index is -1.12. The number of aliphatic carboxylic acids is 1. The Morgan fingerprint density at radius 3 is 2.74 bits per heavy atom. The third-order valence-corrected chi connectivity index (χ3v) is 3.59. The highest BCUT2D eigenvalue weighted by atomic mass is 16.4. The molecule has 0 aliphatic carbocycles. The number of aryl methyl sites for hydroxylation is 1. The maximum absolute atomic E-state index is 12.5. The zero-order chi connectivity index (χ0) is 17.1. The van der Waals surface area contributed by atoms with Gasteiger partial charge in [-0.2, -0.15) is 0 Å². The van der Waals surface area contributed by atoms with Crippen molar-refractivity contribution < 1.29 is 20.4 Å². The van der Waals surface area contributed by atoms with Crippen molar-refractivity contribution in [3.05, 3.63) is 45.7 Å². The number of hydrogen-bond acceptors (Lipinski definition) is 4. The van der Waals surface area contributed by atoms with Crippen LogP contribution in [-0.2, 0) is 18.4 Å². The number of benzene rings is 1. The molecular formula is C15H19N4O4+. The van der Waals surface area contributed by atoms with Crippen molar-refractivity contribution in [1.82, 2.24) is 9.88 Å². The van der Waals surface area contributed by atoms with E-state index in [1.165, 1.54) is 6.20 Å².